The fourth-order valence-electron chi connectivity index (χ4n) is 1.99. The third kappa shape index (κ3) is 8.12. The molecule has 5 nitrogen and oxygen atoms in total. The van der Waals surface area contributed by atoms with Gasteiger partial charge in [-0.15, -0.1) is 24.0 Å². The number of hydrogen-bond acceptors (Lipinski definition) is 3. The number of rotatable bonds is 4. The van der Waals surface area contributed by atoms with Gasteiger partial charge in [-0.25, -0.2) is 8.42 Å². The first kappa shape index (κ1) is 17.9. The van der Waals surface area contributed by atoms with Crippen molar-refractivity contribution in [2.24, 2.45) is 4.99 Å². The molecule has 0 spiro atoms. The van der Waals surface area contributed by atoms with Gasteiger partial charge in [0.15, 0.2) is 5.96 Å². The smallest absolute Gasteiger partial charge is 0.191 e. The molecular weight excluding hydrogens is 365 g/mol. The minimum Gasteiger partial charge on any atom is -0.355 e. The summed E-state index contributed by atoms with van der Waals surface area (Å²) in [5, 5.41) is 6.37. The van der Waals surface area contributed by atoms with Gasteiger partial charge in [0.25, 0.3) is 0 Å². The number of guanidine groups is 1. The molecule has 0 radical (unpaired) electrons. The van der Waals surface area contributed by atoms with Crippen LogP contribution in [-0.4, -0.2) is 46.0 Å². The van der Waals surface area contributed by atoms with Gasteiger partial charge in [-0.2, -0.15) is 0 Å². The van der Waals surface area contributed by atoms with Gasteiger partial charge in [0, 0.05) is 25.9 Å². The Morgan fingerprint density at radius 2 is 1.89 bits per heavy atom. The molecule has 1 rings (SSSR count). The van der Waals surface area contributed by atoms with Crippen LogP contribution in [0, 0.1) is 0 Å². The van der Waals surface area contributed by atoms with Crippen molar-refractivity contribution in [2.75, 3.05) is 25.6 Å². The van der Waals surface area contributed by atoms with E-state index in [4.69, 9.17) is 0 Å². The Morgan fingerprint density at radius 3 is 2.39 bits per heavy atom. The molecule has 0 atom stereocenters. The average Bonchev–Trinajstić information content (AvgIpc) is 2.27. The molecule has 0 heterocycles. The van der Waals surface area contributed by atoms with Crippen LogP contribution in [0.25, 0.3) is 0 Å². The second-order valence-corrected chi connectivity index (χ2v) is 6.87. The number of halogens is 1. The topological polar surface area (TPSA) is 70.6 Å². The third-order valence-corrected chi connectivity index (χ3v) is 3.88. The number of nitrogens with one attached hydrogen (secondary N) is 2. The summed E-state index contributed by atoms with van der Waals surface area (Å²) in [6, 6.07) is 0.480. The second kappa shape index (κ2) is 8.95. The summed E-state index contributed by atoms with van der Waals surface area (Å²) in [5.74, 6) is 0.846. The van der Waals surface area contributed by atoms with Crippen LogP contribution in [-0.2, 0) is 9.84 Å². The number of aliphatic imine (C=N–C) groups is 1. The number of sulfone groups is 1. The van der Waals surface area contributed by atoms with E-state index in [1.54, 1.807) is 7.05 Å². The molecule has 1 aliphatic carbocycles. The van der Waals surface area contributed by atoms with Gasteiger partial charge >= 0.3 is 0 Å². The second-order valence-electron chi connectivity index (χ2n) is 4.61. The van der Waals surface area contributed by atoms with Crippen molar-refractivity contribution in [1.29, 1.82) is 0 Å². The quantitative estimate of drug-likeness (QED) is 0.430. The summed E-state index contributed by atoms with van der Waals surface area (Å²) >= 11 is 0. The molecular formula is C11H24IN3O2S. The first-order chi connectivity index (χ1) is 8.01. The van der Waals surface area contributed by atoms with Crippen LogP contribution in [0.2, 0.25) is 0 Å². The van der Waals surface area contributed by atoms with Gasteiger partial charge in [0.2, 0.25) is 0 Å². The van der Waals surface area contributed by atoms with E-state index >= 15 is 0 Å². The highest BCUT2D eigenvalue weighted by atomic mass is 127. The minimum atomic E-state index is -2.91. The van der Waals surface area contributed by atoms with E-state index < -0.39 is 9.84 Å². The molecule has 0 aromatic carbocycles. The van der Waals surface area contributed by atoms with E-state index in [1.165, 1.54) is 38.4 Å². The maximum absolute atomic E-state index is 11.0. The van der Waals surface area contributed by atoms with Gasteiger partial charge in [-0.05, 0) is 12.8 Å². The molecule has 0 aliphatic heterocycles. The maximum Gasteiger partial charge on any atom is 0.191 e. The summed E-state index contributed by atoms with van der Waals surface area (Å²) < 4.78 is 22.0. The van der Waals surface area contributed by atoms with Crippen LogP contribution >= 0.6 is 24.0 Å². The van der Waals surface area contributed by atoms with Crippen molar-refractivity contribution in [1.82, 2.24) is 10.6 Å². The van der Waals surface area contributed by atoms with Crippen LogP contribution in [0.3, 0.4) is 0 Å². The molecule has 1 fully saturated rings. The molecule has 0 aromatic heterocycles. The molecule has 0 amide bonds. The zero-order chi connectivity index (χ0) is 12.7. The molecule has 2 N–H and O–H groups in total. The zero-order valence-electron chi connectivity index (χ0n) is 11.1. The summed E-state index contributed by atoms with van der Waals surface area (Å²) in [6.07, 6.45) is 7.43. The SMILES string of the molecule is CN=C(NCCS(C)(=O)=O)NC1CCCCC1.I. The van der Waals surface area contributed by atoms with Crippen LogP contribution in [0.15, 0.2) is 4.99 Å². The Labute approximate surface area is 127 Å². The number of nitrogens with zero attached hydrogens (tertiary/aromatic N) is 1. The summed E-state index contributed by atoms with van der Waals surface area (Å²) in [6.45, 7) is 0.408. The van der Waals surface area contributed by atoms with Crippen molar-refractivity contribution in [3.63, 3.8) is 0 Å². The molecule has 7 heteroatoms. The van der Waals surface area contributed by atoms with Crippen LogP contribution in [0.5, 0.6) is 0 Å². The van der Waals surface area contributed by atoms with Gasteiger partial charge in [0.1, 0.15) is 9.84 Å². The molecule has 0 unspecified atom stereocenters. The minimum absolute atomic E-state index is 0. The molecule has 0 saturated heterocycles. The zero-order valence-corrected chi connectivity index (χ0v) is 14.3. The predicted molar refractivity (Wildman–Crippen MR) is 86.5 cm³/mol. The molecule has 0 aromatic rings. The normalized spacial score (nSPS) is 18.0. The highest BCUT2D eigenvalue weighted by molar-refractivity contribution is 14.0. The standard InChI is InChI=1S/C11H23N3O2S.HI/c1-12-11(13-8-9-17(2,15)16)14-10-6-4-3-5-7-10;/h10H,3-9H2,1-2H3,(H2,12,13,14);1H. The molecule has 18 heavy (non-hydrogen) atoms. The average molecular weight is 389 g/mol. The number of hydrogen-bond donors (Lipinski definition) is 2. The molecule has 1 saturated carbocycles. The lowest BCUT2D eigenvalue weighted by atomic mass is 9.96. The van der Waals surface area contributed by atoms with E-state index in [9.17, 15) is 8.42 Å². The molecule has 108 valence electrons. The van der Waals surface area contributed by atoms with E-state index in [-0.39, 0.29) is 29.7 Å². The Balaban J connectivity index is 0.00000289. The van der Waals surface area contributed by atoms with Gasteiger partial charge in [0.05, 0.1) is 5.75 Å². The Kier molecular flexibility index (Phi) is 8.93. The van der Waals surface area contributed by atoms with E-state index in [1.807, 2.05) is 0 Å². The Hall–Kier alpha value is -0.0500. The monoisotopic (exact) mass is 389 g/mol. The van der Waals surface area contributed by atoms with Gasteiger partial charge in [-0.1, -0.05) is 19.3 Å². The van der Waals surface area contributed by atoms with Crippen molar-refractivity contribution < 1.29 is 8.42 Å². The molecule has 0 bridgehead atoms. The lowest BCUT2D eigenvalue weighted by molar-refractivity contribution is 0.410. The maximum atomic E-state index is 11.0. The summed E-state index contributed by atoms with van der Waals surface area (Å²) in [4.78, 5) is 4.10. The van der Waals surface area contributed by atoms with Crippen molar-refractivity contribution in [2.45, 2.75) is 38.1 Å². The first-order valence-corrected chi connectivity index (χ1v) is 8.22. The van der Waals surface area contributed by atoms with Gasteiger partial charge < -0.3 is 10.6 Å². The highest BCUT2D eigenvalue weighted by Crippen LogP contribution is 2.17. The lowest BCUT2D eigenvalue weighted by Gasteiger charge is -2.24. The summed E-state index contributed by atoms with van der Waals surface area (Å²) in [5.41, 5.74) is 0. The third-order valence-electron chi connectivity index (χ3n) is 2.93. The van der Waals surface area contributed by atoms with Crippen molar-refractivity contribution in [3.05, 3.63) is 0 Å². The fraction of sp³-hybridized carbons (Fsp3) is 0.909. The van der Waals surface area contributed by atoms with E-state index in [0.717, 1.165) is 0 Å². The van der Waals surface area contributed by atoms with Crippen molar-refractivity contribution in [3.8, 4) is 0 Å². The first-order valence-electron chi connectivity index (χ1n) is 6.16. The Morgan fingerprint density at radius 1 is 1.28 bits per heavy atom. The molecule has 1 aliphatic rings. The predicted octanol–water partition coefficient (Wildman–Crippen LogP) is 1.15. The largest absolute Gasteiger partial charge is 0.355 e. The van der Waals surface area contributed by atoms with E-state index in [2.05, 4.69) is 15.6 Å². The van der Waals surface area contributed by atoms with Crippen LogP contribution in [0.1, 0.15) is 32.1 Å². The van der Waals surface area contributed by atoms with Crippen molar-refractivity contribution >= 4 is 39.8 Å². The van der Waals surface area contributed by atoms with Crippen LogP contribution < -0.4 is 10.6 Å². The Bertz CT molecular complexity index is 351. The van der Waals surface area contributed by atoms with E-state index in [0.29, 0.717) is 18.5 Å². The summed E-state index contributed by atoms with van der Waals surface area (Å²) in [7, 11) is -1.20. The van der Waals surface area contributed by atoms with Crippen LogP contribution in [0.4, 0.5) is 0 Å². The fourth-order valence-corrected chi connectivity index (χ4v) is 2.46. The lowest BCUT2D eigenvalue weighted by Crippen LogP contribution is -2.45. The van der Waals surface area contributed by atoms with Gasteiger partial charge in [-0.3, -0.25) is 4.99 Å². The highest BCUT2D eigenvalue weighted by Gasteiger charge is 2.14.